The van der Waals surface area contributed by atoms with Crippen molar-refractivity contribution in [2.24, 2.45) is 0 Å². The summed E-state index contributed by atoms with van der Waals surface area (Å²) in [5.74, 6) is -0.380. The lowest BCUT2D eigenvalue weighted by Crippen LogP contribution is -2.35. The Morgan fingerprint density at radius 1 is 1.06 bits per heavy atom. The zero-order valence-electron chi connectivity index (χ0n) is 18.2. The number of piperidine rings is 1. The van der Waals surface area contributed by atoms with Gasteiger partial charge in [0.1, 0.15) is 5.75 Å². The summed E-state index contributed by atoms with van der Waals surface area (Å²) >= 11 is 13.2. The summed E-state index contributed by atoms with van der Waals surface area (Å²) in [6.07, 6.45) is 0.119. The summed E-state index contributed by atoms with van der Waals surface area (Å²) in [5.41, 5.74) is 3.15. The van der Waals surface area contributed by atoms with E-state index in [4.69, 9.17) is 23.2 Å². The van der Waals surface area contributed by atoms with Gasteiger partial charge in [-0.25, -0.2) is 0 Å². The molecule has 0 atom stereocenters. The Bertz CT molecular complexity index is 1210. The monoisotopic (exact) mass is 498 g/mol. The van der Waals surface area contributed by atoms with E-state index in [0.29, 0.717) is 45.2 Å². The molecule has 2 heterocycles. The van der Waals surface area contributed by atoms with E-state index in [-0.39, 0.29) is 18.2 Å². The SMILES string of the molecule is Cc1cn(Cc2c(Cl)ccc(C(=O)N3CCCCC3)c2Cl)c2c(C)cc(OC(F)(F)F)cc12. The number of ether oxygens (including phenoxy) is 1. The molecule has 1 fully saturated rings. The maximum Gasteiger partial charge on any atom is 0.573 e. The molecule has 9 heteroatoms. The topological polar surface area (TPSA) is 34.5 Å². The van der Waals surface area contributed by atoms with Gasteiger partial charge in [0.15, 0.2) is 0 Å². The predicted octanol–water partition coefficient (Wildman–Crippen LogP) is 7.14. The number of carbonyl (C=O) groups is 1. The molecule has 2 aromatic carbocycles. The highest BCUT2D eigenvalue weighted by atomic mass is 35.5. The molecule has 0 N–H and O–H groups in total. The van der Waals surface area contributed by atoms with Gasteiger partial charge in [-0.3, -0.25) is 4.79 Å². The molecular weight excluding hydrogens is 476 g/mol. The second-order valence-corrected chi connectivity index (χ2v) is 9.15. The molecule has 1 aromatic heterocycles. The molecule has 1 aliphatic heterocycles. The molecule has 0 radical (unpaired) electrons. The van der Waals surface area contributed by atoms with E-state index in [2.05, 4.69) is 4.74 Å². The smallest absolute Gasteiger partial charge is 0.406 e. The fourth-order valence-electron chi connectivity index (χ4n) is 4.46. The molecule has 176 valence electrons. The number of nitrogens with zero attached hydrogens (tertiary/aromatic N) is 2. The van der Waals surface area contributed by atoms with E-state index in [1.165, 1.54) is 12.1 Å². The Morgan fingerprint density at radius 2 is 1.76 bits per heavy atom. The molecule has 0 spiro atoms. The number of fused-ring (bicyclic) bond motifs is 1. The molecule has 0 bridgehead atoms. The van der Waals surface area contributed by atoms with Gasteiger partial charge in [-0.2, -0.15) is 0 Å². The molecule has 0 aliphatic carbocycles. The minimum absolute atomic E-state index is 0.115. The summed E-state index contributed by atoms with van der Waals surface area (Å²) in [6.45, 7) is 5.21. The maximum absolute atomic E-state index is 13.0. The molecule has 0 unspecified atom stereocenters. The van der Waals surface area contributed by atoms with Gasteiger partial charge in [0.2, 0.25) is 0 Å². The number of benzene rings is 2. The third kappa shape index (κ3) is 4.94. The number of amides is 1. The average Bonchev–Trinajstić information content (AvgIpc) is 3.06. The van der Waals surface area contributed by atoms with Crippen LogP contribution in [0.5, 0.6) is 5.75 Å². The van der Waals surface area contributed by atoms with Crippen LogP contribution in [0.2, 0.25) is 10.0 Å². The Labute approximate surface area is 199 Å². The molecule has 3 aromatic rings. The highest BCUT2D eigenvalue weighted by Crippen LogP contribution is 2.35. The average molecular weight is 499 g/mol. The quantitative estimate of drug-likeness (QED) is 0.383. The number of aromatic nitrogens is 1. The van der Waals surface area contributed by atoms with Crippen LogP contribution in [0.15, 0.2) is 30.5 Å². The fourth-order valence-corrected chi connectivity index (χ4v) is 5.03. The van der Waals surface area contributed by atoms with Gasteiger partial charge in [-0.15, -0.1) is 13.2 Å². The Morgan fingerprint density at radius 3 is 2.42 bits per heavy atom. The summed E-state index contributed by atoms with van der Waals surface area (Å²) in [7, 11) is 0. The second-order valence-electron chi connectivity index (χ2n) is 8.36. The molecular formula is C24H23Cl2F3N2O2. The van der Waals surface area contributed by atoms with E-state index in [9.17, 15) is 18.0 Å². The minimum atomic E-state index is -4.76. The number of hydrogen-bond donors (Lipinski definition) is 0. The van der Waals surface area contributed by atoms with Crippen molar-refractivity contribution < 1.29 is 22.7 Å². The van der Waals surface area contributed by atoms with Crippen LogP contribution in [0.25, 0.3) is 10.9 Å². The van der Waals surface area contributed by atoms with Crippen molar-refractivity contribution in [3.8, 4) is 5.75 Å². The normalized spacial score (nSPS) is 14.7. The van der Waals surface area contributed by atoms with Crippen molar-refractivity contribution >= 4 is 40.0 Å². The number of halogens is 5. The van der Waals surface area contributed by atoms with Gasteiger partial charge in [-0.05, 0) is 68.5 Å². The lowest BCUT2D eigenvalue weighted by molar-refractivity contribution is -0.274. The number of alkyl halides is 3. The maximum atomic E-state index is 13.0. The van der Waals surface area contributed by atoms with Crippen LogP contribution in [-0.4, -0.2) is 34.8 Å². The molecule has 0 saturated carbocycles. The second kappa shape index (κ2) is 9.11. The third-order valence-electron chi connectivity index (χ3n) is 5.96. The first-order chi connectivity index (χ1) is 15.5. The van der Waals surface area contributed by atoms with Crippen LogP contribution in [0.3, 0.4) is 0 Å². The van der Waals surface area contributed by atoms with Crippen LogP contribution in [0.4, 0.5) is 13.2 Å². The van der Waals surface area contributed by atoms with Crippen molar-refractivity contribution in [2.45, 2.75) is 46.0 Å². The third-order valence-corrected chi connectivity index (χ3v) is 6.74. The number of likely N-dealkylation sites (tertiary alicyclic amines) is 1. The van der Waals surface area contributed by atoms with Gasteiger partial charge in [0.05, 0.1) is 22.6 Å². The van der Waals surface area contributed by atoms with Gasteiger partial charge in [0.25, 0.3) is 5.91 Å². The van der Waals surface area contributed by atoms with Crippen molar-refractivity contribution in [1.82, 2.24) is 9.47 Å². The molecule has 1 aliphatic rings. The highest BCUT2D eigenvalue weighted by Gasteiger charge is 2.31. The van der Waals surface area contributed by atoms with Gasteiger partial charge in [-0.1, -0.05) is 23.2 Å². The Hall–Kier alpha value is -2.38. The van der Waals surface area contributed by atoms with E-state index in [1.807, 2.05) is 22.6 Å². The van der Waals surface area contributed by atoms with Crippen LogP contribution in [-0.2, 0) is 6.54 Å². The summed E-state index contributed by atoms with van der Waals surface area (Å²) in [4.78, 5) is 14.9. The van der Waals surface area contributed by atoms with Crippen LogP contribution < -0.4 is 4.74 Å². The van der Waals surface area contributed by atoms with E-state index in [0.717, 1.165) is 30.3 Å². The zero-order chi connectivity index (χ0) is 23.9. The van der Waals surface area contributed by atoms with E-state index in [1.54, 1.807) is 19.1 Å². The van der Waals surface area contributed by atoms with Gasteiger partial charge in [0, 0.05) is 35.3 Å². The Balaban J connectivity index is 1.72. The van der Waals surface area contributed by atoms with Crippen molar-refractivity contribution in [2.75, 3.05) is 13.1 Å². The van der Waals surface area contributed by atoms with Gasteiger partial charge < -0.3 is 14.2 Å². The lowest BCUT2D eigenvalue weighted by atomic mass is 10.1. The number of carbonyl (C=O) groups excluding carboxylic acids is 1. The molecule has 1 amide bonds. The Kier molecular flexibility index (Phi) is 6.56. The molecule has 1 saturated heterocycles. The zero-order valence-corrected chi connectivity index (χ0v) is 19.7. The van der Waals surface area contributed by atoms with Crippen molar-refractivity contribution in [3.63, 3.8) is 0 Å². The number of aryl methyl sites for hydroxylation is 2. The standard InChI is InChI=1S/C24H23Cl2F3N2O2/c1-14-10-16(33-24(27,28)29)11-18-15(2)12-31(22(14)18)13-19-20(25)7-6-17(21(19)26)23(32)30-8-4-3-5-9-30/h6-7,10-12H,3-5,8-9,13H2,1-2H3. The molecule has 4 rings (SSSR count). The summed E-state index contributed by atoms with van der Waals surface area (Å²) < 4.78 is 44.1. The summed E-state index contributed by atoms with van der Waals surface area (Å²) in [6, 6.07) is 6.04. The predicted molar refractivity (Wildman–Crippen MR) is 123 cm³/mol. The van der Waals surface area contributed by atoms with Crippen LogP contribution in [0, 0.1) is 13.8 Å². The van der Waals surface area contributed by atoms with E-state index < -0.39 is 6.36 Å². The fraction of sp³-hybridized carbons (Fsp3) is 0.375. The largest absolute Gasteiger partial charge is 0.573 e. The highest BCUT2D eigenvalue weighted by molar-refractivity contribution is 6.38. The molecule has 4 nitrogen and oxygen atoms in total. The van der Waals surface area contributed by atoms with Crippen LogP contribution in [0.1, 0.15) is 46.3 Å². The van der Waals surface area contributed by atoms with Gasteiger partial charge >= 0.3 is 6.36 Å². The summed E-state index contributed by atoms with van der Waals surface area (Å²) in [5, 5.41) is 1.36. The van der Waals surface area contributed by atoms with Crippen molar-refractivity contribution in [1.29, 1.82) is 0 Å². The van der Waals surface area contributed by atoms with E-state index >= 15 is 0 Å². The van der Waals surface area contributed by atoms with Crippen LogP contribution >= 0.6 is 23.2 Å². The first-order valence-corrected chi connectivity index (χ1v) is 11.4. The van der Waals surface area contributed by atoms with Crippen molar-refractivity contribution in [3.05, 3.63) is 62.8 Å². The first-order valence-electron chi connectivity index (χ1n) is 10.7. The first kappa shape index (κ1) is 23.8. The number of hydrogen-bond acceptors (Lipinski definition) is 2. The minimum Gasteiger partial charge on any atom is -0.406 e. The lowest BCUT2D eigenvalue weighted by Gasteiger charge is -2.27. The molecule has 33 heavy (non-hydrogen) atoms. The number of rotatable bonds is 4.